The van der Waals surface area contributed by atoms with Gasteiger partial charge in [-0.25, -0.2) is 0 Å². The molecule has 68 valence electrons. The molecule has 0 radical (unpaired) electrons. The van der Waals surface area contributed by atoms with Crippen LogP contribution in [0.2, 0.25) is 0 Å². The zero-order valence-corrected chi connectivity index (χ0v) is 7.63. The topological polar surface area (TPSA) is 20.2 Å². The van der Waals surface area contributed by atoms with Crippen LogP contribution >= 0.6 is 0 Å². The molecular weight excluding hydrogens is 148 g/mol. The van der Waals surface area contributed by atoms with Gasteiger partial charge in [-0.05, 0) is 50.0 Å². The van der Waals surface area contributed by atoms with E-state index in [1.807, 2.05) is 0 Å². The van der Waals surface area contributed by atoms with Crippen LogP contribution < -0.4 is 0 Å². The van der Waals surface area contributed by atoms with E-state index in [9.17, 15) is 5.11 Å². The smallest absolute Gasteiger partial charge is 0.0778 e. The van der Waals surface area contributed by atoms with Crippen molar-refractivity contribution in [3.05, 3.63) is 11.6 Å². The van der Waals surface area contributed by atoms with Crippen molar-refractivity contribution < 1.29 is 5.11 Å². The number of aliphatic hydroxyl groups is 1. The number of rotatable bonds is 2. The van der Waals surface area contributed by atoms with E-state index in [1.54, 1.807) is 0 Å². The predicted molar refractivity (Wildman–Crippen MR) is 49.9 cm³/mol. The zero-order valence-electron chi connectivity index (χ0n) is 7.63. The van der Waals surface area contributed by atoms with Gasteiger partial charge in [-0.2, -0.15) is 0 Å². The van der Waals surface area contributed by atoms with Gasteiger partial charge in [0.2, 0.25) is 0 Å². The molecule has 0 aliphatic heterocycles. The summed E-state index contributed by atoms with van der Waals surface area (Å²) >= 11 is 0. The lowest BCUT2D eigenvalue weighted by Gasteiger charge is -2.32. The first-order valence-electron chi connectivity index (χ1n) is 5.25. The Kier molecular flexibility index (Phi) is 2.50. The molecular formula is C11H18O. The summed E-state index contributed by atoms with van der Waals surface area (Å²) in [6, 6.07) is 0. The molecule has 12 heavy (non-hydrogen) atoms. The van der Waals surface area contributed by atoms with Crippen LogP contribution in [0.15, 0.2) is 11.6 Å². The molecule has 0 aromatic rings. The average Bonchev–Trinajstić information content (AvgIpc) is 2.03. The molecule has 0 bridgehead atoms. The number of allylic oxidation sites excluding steroid dienone is 1. The Morgan fingerprint density at radius 3 is 2.58 bits per heavy atom. The first-order valence-corrected chi connectivity index (χ1v) is 5.25. The highest BCUT2D eigenvalue weighted by Gasteiger charge is 2.28. The fraction of sp³-hybridized carbons (Fsp3) is 0.818. The van der Waals surface area contributed by atoms with Crippen LogP contribution in [0.3, 0.4) is 0 Å². The molecule has 0 amide bonds. The van der Waals surface area contributed by atoms with E-state index in [0.717, 1.165) is 6.42 Å². The van der Waals surface area contributed by atoms with E-state index in [0.29, 0.717) is 5.92 Å². The van der Waals surface area contributed by atoms with Gasteiger partial charge in [-0.3, -0.25) is 0 Å². The summed E-state index contributed by atoms with van der Waals surface area (Å²) in [6.07, 6.45) is 11.0. The Balaban J connectivity index is 1.92. The standard InChI is InChI=1S/C11H18O/c12-11(10-7-4-8-10)9-5-2-1-3-6-9/h5,10-12H,1-4,6-8H2. The Bertz CT molecular complexity index is 179. The summed E-state index contributed by atoms with van der Waals surface area (Å²) in [4.78, 5) is 0. The summed E-state index contributed by atoms with van der Waals surface area (Å²) in [6.45, 7) is 0. The van der Waals surface area contributed by atoms with E-state index in [1.165, 1.54) is 44.1 Å². The second-order valence-electron chi connectivity index (χ2n) is 4.16. The molecule has 1 fully saturated rings. The van der Waals surface area contributed by atoms with E-state index in [2.05, 4.69) is 6.08 Å². The molecule has 0 heterocycles. The molecule has 1 saturated carbocycles. The second-order valence-corrected chi connectivity index (χ2v) is 4.16. The lowest BCUT2D eigenvalue weighted by Crippen LogP contribution is -2.28. The maximum Gasteiger partial charge on any atom is 0.0778 e. The summed E-state index contributed by atoms with van der Waals surface area (Å²) in [5, 5.41) is 9.93. The highest BCUT2D eigenvalue weighted by molar-refractivity contribution is 5.12. The van der Waals surface area contributed by atoms with E-state index in [-0.39, 0.29) is 6.10 Å². The molecule has 1 atom stereocenters. The summed E-state index contributed by atoms with van der Waals surface area (Å²) in [5.41, 5.74) is 1.34. The number of aliphatic hydroxyl groups excluding tert-OH is 1. The zero-order chi connectivity index (χ0) is 8.39. The Morgan fingerprint density at radius 2 is 2.08 bits per heavy atom. The normalized spacial score (nSPS) is 27.6. The first kappa shape index (κ1) is 8.31. The van der Waals surface area contributed by atoms with Crippen molar-refractivity contribution in [2.45, 2.75) is 51.0 Å². The van der Waals surface area contributed by atoms with E-state index in [4.69, 9.17) is 0 Å². The molecule has 2 aliphatic carbocycles. The van der Waals surface area contributed by atoms with Gasteiger partial charge in [-0.1, -0.05) is 12.5 Å². The van der Waals surface area contributed by atoms with Gasteiger partial charge in [0.1, 0.15) is 0 Å². The van der Waals surface area contributed by atoms with Crippen molar-refractivity contribution in [1.29, 1.82) is 0 Å². The minimum atomic E-state index is -0.0842. The largest absolute Gasteiger partial charge is 0.388 e. The first-order chi connectivity index (χ1) is 5.88. The van der Waals surface area contributed by atoms with Crippen molar-refractivity contribution in [2.75, 3.05) is 0 Å². The lowest BCUT2D eigenvalue weighted by molar-refractivity contribution is 0.0871. The molecule has 2 aliphatic rings. The average molecular weight is 166 g/mol. The fourth-order valence-corrected chi connectivity index (χ4v) is 2.19. The molecule has 0 spiro atoms. The van der Waals surface area contributed by atoms with Crippen molar-refractivity contribution >= 4 is 0 Å². The van der Waals surface area contributed by atoms with Gasteiger partial charge in [0.15, 0.2) is 0 Å². The Labute approximate surface area is 74.5 Å². The van der Waals surface area contributed by atoms with Crippen molar-refractivity contribution in [3.63, 3.8) is 0 Å². The van der Waals surface area contributed by atoms with Gasteiger partial charge in [0.25, 0.3) is 0 Å². The van der Waals surface area contributed by atoms with Gasteiger partial charge >= 0.3 is 0 Å². The molecule has 1 N–H and O–H groups in total. The molecule has 1 nitrogen and oxygen atoms in total. The Morgan fingerprint density at radius 1 is 1.25 bits per heavy atom. The molecule has 1 unspecified atom stereocenters. The van der Waals surface area contributed by atoms with Crippen LogP contribution in [0.25, 0.3) is 0 Å². The SMILES string of the molecule is OC(C1=CCCCC1)C1CCC1. The van der Waals surface area contributed by atoms with Gasteiger partial charge in [-0.15, -0.1) is 0 Å². The summed E-state index contributed by atoms with van der Waals surface area (Å²) in [7, 11) is 0. The monoisotopic (exact) mass is 166 g/mol. The quantitative estimate of drug-likeness (QED) is 0.625. The summed E-state index contributed by atoms with van der Waals surface area (Å²) in [5.74, 6) is 0.606. The third kappa shape index (κ3) is 1.56. The third-order valence-corrected chi connectivity index (χ3v) is 3.30. The minimum absolute atomic E-state index is 0.0842. The fourth-order valence-electron chi connectivity index (χ4n) is 2.19. The maximum absolute atomic E-state index is 9.93. The molecule has 1 heteroatoms. The van der Waals surface area contributed by atoms with Crippen LogP contribution in [-0.4, -0.2) is 11.2 Å². The number of hydrogen-bond donors (Lipinski definition) is 1. The molecule has 0 aromatic carbocycles. The van der Waals surface area contributed by atoms with Crippen LogP contribution in [0.5, 0.6) is 0 Å². The van der Waals surface area contributed by atoms with Gasteiger partial charge in [0, 0.05) is 0 Å². The predicted octanol–water partition coefficient (Wildman–Crippen LogP) is 2.65. The van der Waals surface area contributed by atoms with Gasteiger partial charge < -0.3 is 5.11 Å². The van der Waals surface area contributed by atoms with Crippen LogP contribution in [0.1, 0.15) is 44.9 Å². The molecule has 0 aromatic heterocycles. The third-order valence-electron chi connectivity index (χ3n) is 3.30. The second kappa shape index (κ2) is 3.61. The summed E-state index contributed by atoms with van der Waals surface area (Å²) < 4.78 is 0. The van der Waals surface area contributed by atoms with Crippen LogP contribution in [-0.2, 0) is 0 Å². The lowest BCUT2D eigenvalue weighted by atomic mass is 9.77. The highest BCUT2D eigenvalue weighted by atomic mass is 16.3. The molecule has 0 saturated heterocycles. The minimum Gasteiger partial charge on any atom is -0.388 e. The number of hydrogen-bond acceptors (Lipinski definition) is 1. The van der Waals surface area contributed by atoms with Gasteiger partial charge in [0.05, 0.1) is 6.10 Å². The van der Waals surface area contributed by atoms with E-state index >= 15 is 0 Å². The highest BCUT2D eigenvalue weighted by Crippen LogP contribution is 2.35. The van der Waals surface area contributed by atoms with Crippen molar-refractivity contribution in [1.82, 2.24) is 0 Å². The van der Waals surface area contributed by atoms with Crippen LogP contribution in [0, 0.1) is 5.92 Å². The van der Waals surface area contributed by atoms with Crippen molar-refractivity contribution in [2.24, 2.45) is 5.92 Å². The van der Waals surface area contributed by atoms with Crippen LogP contribution in [0.4, 0.5) is 0 Å². The van der Waals surface area contributed by atoms with Crippen molar-refractivity contribution in [3.8, 4) is 0 Å². The van der Waals surface area contributed by atoms with E-state index < -0.39 is 0 Å². The Hall–Kier alpha value is -0.300. The molecule has 2 rings (SSSR count). The maximum atomic E-state index is 9.93.